The molecule has 0 amide bonds. The van der Waals surface area contributed by atoms with Crippen molar-refractivity contribution in [3.05, 3.63) is 34.9 Å². The van der Waals surface area contributed by atoms with Gasteiger partial charge in [-0.15, -0.1) is 0 Å². The summed E-state index contributed by atoms with van der Waals surface area (Å²) in [4.78, 5) is 22.6. The van der Waals surface area contributed by atoms with Gasteiger partial charge in [0.25, 0.3) is 0 Å². The number of aliphatic hydroxyl groups is 1. The predicted octanol–water partition coefficient (Wildman–Crippen LogP) is 3.59. The number of alkyl halides is 6. The number of likely N-dealkylation sites (tertiary alicyclic amines) is 1. The first-order valence-electron chi connectivity index (χ1n) is 10.7. The summed E-state index contributed by atoms with van der Waals surface area (Å²) < 4.78 is 63.5. The van der Waals surface area contributed by atoms with Crippen LogP contribution < -0.4 is 0 Å². The van der Waals surface area contributed by atoms with Crippen molar-refractivity contribution in [2.45, 2.75) is 50.0 Å². The zero-order valence-electron chi connectivity index (χ0n) is 19.6. The number of aliphatic carboxylic acids is 2. The molecule has 35 heavy (non-hydrogen) atoms. The van der Waals surface area contributed by atoms with Crippen LogP contribution in [0.15, 0.2) is 18.2 Å². The van der Waals surface area contributed by atoms with Gasteiger partial charge in [0.15, 0.2) is 0 Å². The van der Waals surface area contributed by atoms with Gasteiger partial charge in [-0.25, -0.2) is 9.59 Å². The first-order valence-corrected chi connectivity index (χ1v) is 10.7. The molecule has 0 bridgehead atoms. The number of carboxylic acid groups (broad SMARTS) is 2. The highest BCUT2D eigenvalue weighted by Crippen LogP contribution is 2.52. The Balaban J connectivity index is 0.000000362. The van der Waals surface area contributed by atoms with E-state index in [9.17, 15) is 26.3 Å². The van der Waals surface area contributed by atoms with Gasteiger partial charge in [0, 0.05) is 12.6 Å². The number of carboxylic acids is 2. The van der Waals surface area contributed by atoms with Crippen molar-refractivity contribution in [3.8, 4) is 0 Å². The lowest BCUT2D eigenvalue weighted by atomic mass is 9.73. The monoisotopic (exact) mass is 516 g/mol. The first kappa shape index (κ1) is 30.7. The molecule has 2 aliphatic rings. The molecule has 1 heterocycles. The lowest BCUT2D eigenvalue weighted by Crippen LogP contribution is -2.42. The molecule has 0 radical (unpaired) electrons. The van der Waals surface area contributed by atoms with E-state index >= 15 is 0 Å². The summed E-state index contributed by atoms with van der Waals surface area (Å²) in [6, 6.07) is 7.62. The number of halogens is 6. The van der Waals surface area contributed by atoms with Crippen LogP contribution in [-0.4, -0.2) is 89.7 Å². The zero-order chi connectivity index (χ0) is 27.2. The van der Waals surface area contributed by atoms with E-state index < -0.39 is 24.3 Å². The number of rotatable bonds is 3. The van der Waals surface area contributed by atoms with Crippen molar-refractivity contribution >= 4 is 11.9 Å². The number of aryl methyl sites for hydroxylation is 1. The molecule has 3 rings (SSSR count). The van der Waals surface area contributed by atoms with Crippen molar-refractivity contribution in [1.29, 1.82) is 0 Å². The third-order valence-electron chi connectivity index (χ3n) is 6.06. The van der Waals surface area contributed by atoms with Gasteiger partial charge in [-0.2, -0.15) is 26.3 Å². The lowest BCUT2D eigenvalue weighted by molar-refractivity contribution is -0.193. The minimum Gasteiger partial charge on any atom is -0.475 e. The fourth-order valence-electron chi connectivity index (χ4n) is 4.31. The molecule has 1 aromatic carbocycles. The third kappa shape index (κ3) is 8.65. The Kier molecular flexibility index (Phi) is 10.5. The Bertz CT molecular complexity index is 841. The summed E-state index contributed by atoms with van der Waals surface area (Å²) in [5, 5.41) is 23.4. The largest absolute Gasteiger partial charge is 0.490 e. The number of hydrogen-bond donors (Lipinski definition) is 3. The Morgan fingerprint density at radius 3 is 1.86 bits per heavy atom. The number of nitrogens with zero attached hydrogens (tertiary/aromatic N) is 2. The highest BCUT2D eigenvalue weighted by molar-refractivity contribution is 5.73. The molecule has 200 valence electrons. The molecule has 1 aliphatic heterocycles. The van der Waals surface area contributed by atoms with E-state index in [1.54, 1.807) is 11.1 Å². The number of hydrogen-bond acceptors (Lipinski definition) is 5. The second-order valence-electron chi connectivity index (χ2n) is 8.73. The zero-order valence-corrected chi connectivity index (χ0v) is 19.6. The Morgan fingerprint density at radius 2 is 1.49 bits per heavy atom. The lowest BCUT2D eigenvalue weighted by Gasteiger charge is -2.40. The topological polar surface area (TPSA) is 101 Å². The Labute approximate surface area is 198 Å². The van der Waals surface area contributed by atoms with Crippen LogP contribution in [0.1, 0.15) is 42.0 Å². The maximum atomic E-state index is 10.6. The van der Waals surface area contributed by atoms with Crippen LogP contribution in [0.2, 0.25) is 0 Å². The molecule has 3 N–H and O–H groups in total. The number of carbonyl (C=O) groups is 2. The van der Waals surface area contributed by atoms with Gasteiger partial charge < -0.3 is 25.1 Å². The summed E-state index contributed by atoms with van der Waals surface area (Å²) in [6.45, 7) is 5.54. The van der Waals surface area contributed by atoms with E-state index in [1.807, 2.05) is 0 Å². The molecular weight excluding hydrogens is 486 g/mol. The predicted molar refractivity (Wildman–Crippen MR) is 114 cm³/mol. The van der Waals surface area contributed by atoms with E-state index in [-0.39, 0.29) is 6.61 Å². The molecule has 0 aromatic heterocycles. The molecule has 13 heteroatoms. The third-order valence-corrected chi connectivity index (χ3v) is 6.06. The van der Waals surface area contributed by atoms with Gasteiger partial charge in [0.05, 0.1) is 6.61 Å². The van der Waals surface area contributed by atoms with Crippen LogP contribution in [0.4, 0.5) is 26.3 Å². The summed E-state index contributed by atoms with van der Waals surface area (Å²) in [6.07, 6.45) is -6.45. The van der Waals surface area contributed by atoms with Crippen LogP contribution in [0.5, 0.6) is 0 Å². The maximum absolute atomic E-state index is 10.6. The van der Waals surface area contributed by atoms with Crippen LogP contribution >= 0.6 is 0 Å². The standard InChI is InChI=1S/C18H28N2O.2C2HF3O2/c1-14-4-5-16-15(12-14)17(19(2)3)13-18(16)6-8-20(9-7-18)10-11-21;2*3-2(4,5)1(6)7/h4-5,12,17,21H,6-11,13H2,1-3H3;2*(H,6,7). The van der Waals surface area contributed by atoms with Gasteiger partial charge in [0.2, 0.25) is 0 Å². The van der Waals surface area contributed by atoms with Gasteiger partial charge in [0.1, 0.15) is 0 Å². The molecule has 7 nitrogen and oxygen atoms in total. The van der Waals surface area contributed by atoms with Gasteiger partial charge in [-0.3, -0.25) is 0 Å². The highest BCUT2D eigenvalue weighted by atomic mass is 19.4. The second kappa shape index (κ2) is 12.0. The van der Waals surface area contributed by atoms with Crippen molar-refractivity contribution in [2.75, 3.05) is 40.3 Å². The molecule has 1 aromatic rings. The summed E-state index contributed by atoms with van der Waals surface area (Å²) in [5.41, 5.74) is 4.88. The average molecular weight is 516 g/mol. The summed E-state index contributed by atoms with van der Waals surface area (Å²) >= 11 is 0. The van der Waals surface area contributed by atoms with Crippen molar-refractivity contribution < 1.29 is 51.3 Å². The minimum atomic E-state index is -5.08. The summed E-state index contributed by atoms with van der Waals surface area (Å²) in [7, 11) is 4.41. The van der Waals surface area contributed by atoms with E-state index in [2.05, 4.69) is 49.0 Å². The highest BCUT2D eigenvalue weighted by Gasteiger charge is 2.46. The molecular formula is C22H30F6N2O5. The number of benzene rings is 1. The molecule has 1 saturated heterocycles. The van der Waals surface area contributed by atoms with Crippen LogP contribution in [0.3, 0.4) is 0 Å². The average Bonchev–Trinajstić information content (AvgIpc) is 3.03. The fourth-order valence-corrected chi connectivity index (χ4v) is 4.31. The smallest absolute Gasteiger partial charge is 0.475 e. The molecule has 1 fully saturated rings. The van der Waals surface area contributed by atoms with Crippen molar-refractivity contribution in [3.63, 3.8) is 0 Å². The van der Waals surface area contributed by atoms with Gasteiger partial charge in [-0.05, 0) is 69.9 Å². The van der Waals surface area contributed by atoms with E-state index in [0.29, 0.717) is 11.5 Å². The molecule has 1 spiro atoms. The molecule has 1 atom stereocenters. The van der Waals surface area contributed by atoms with E-state index in [0.717, 1.165) is 19.6 Å². The number of piperidine rings is 1. The number of aliphatic hydroxyl groups excluding tert-OH is 1. The molecule has 1 unspecified atom stereocenters. The van der Waals surface area contributed by atoms with Crippen LogP contribution in [0, 0.1) is 6.92 Å². The number of fused-ring (bicyclic) bond motifs is 2. The molecule has 0 saturated carbocycles. The SMILES string of the molecule is Cc1ccc2c(c1)C(N(C)C)CC21CCN(CCO)CC1.O=C(O)C(F)(F)F.O=C(O)C(F)(F)F. The number of β-amino-alcohol motifs (C(OH)–C–C–N with tert-alkyl or cyclic N) is 1. The van der Waals surface area contributed by atoms with Crippen LogP contribution in [-0.2, 0) is 15.0 Å². The van der Waals surface area contributed by atoms with E-state index in [4.69, 9.17) is 24.9 Å². The van der Waals surface area contributed by atoms with Crippen molar-refractivity contribution in [2.24, 2.45) is 0 Å². The fraction of sp³-hybridized carbons (Fsp3) is 0.636. The normalized spacial score (nSPS) is 19.3. The maximum Gasteiger partial charge on any atom is 0.490 e. The second-order valence-corrected chi connectivity index (χ2v) is 8.73. The molecule has 1 aliphatic carbocycles. The minimum absolute atomic E-state index is 0.281. The van der Waals surface area contributed by atoms with Gasteiger partial charge >= 0.3 is 24.3 Å². The van der Waals surface area contributed by atoms with E-state index in [1.165, 1.54) is 24.8 Å². The van der Waals surface area contributed by atoms with Crippen molar-refractivity contribution in [1.82, 2.24) is 9.80 Å². The summed E-state index contributed by atoms with van der Waals surface area (Å²) in [5.74, 6) is -5.51. The first-order chi connectivity index (χ1) is 15.9. The van der Waals surface area contributed by atoms with Gasteiger partial charge in [-0.1, -0.05) is 23.8 Å². The quantitative estimate of drug-likeness (QED) is 0.528. The van der Waals surface area contributed by atoms with Crippen LogP contribution in [0.25, 0.3) is 0 Å². The Morgan fingerprint density at radius 1 is 1.03 bits per heavy atom. The Hall–Kier alpha value is -2.38.